The minimum Gasteiger partial charge on any atom is -0.384 e. The SMILES string of the molecule is CCCNCc1ccc(CCOC)cc1. The number of hydrogen-bond acceptors (Lipinski definition) is 2. The molecule has 0 aliphatic heterocycles. The first-order valence-electron chi connectivity index (χ1n) is 5.64. The fourth-order valence-corrected chi connectivity index (χ4v) is 1.45. The maximum atomic E-state index is 5.04. The number of methoxy groups -OCH3 is 1. The molecule has 0 aromatic heterocycles. The lowest BCUT2D eigenvalue weighted by Crippen LogP contribution is -2.13. The van der Waals surface area contributed by atoms with E-state index in [2.05, 4.69) is 36.5 Å². The Morgan fingerprint density at radius 1 is 1.13 bits per heavy atom. The zero-order chi connectivity index (χ0) is 10.9. The van der Waals surface area contributed by atoms with E-state index in [4.69, 9.17) is 4.74 Å². The van der Waals surface area contributed by atoms with Crippen molar-refractivity contribution in [2.24, 2.45) is 0 Å². The van der Waals surface area contributed by atoms with E-state index >= 15 is 0 Å². The molecule has 84 valence electrons. The molecule has 2 heteroatoms. The molecule has 0 amide bonds. The Morgan fingerprint density at radius 2 is 1.80 bits per heavy atom. The van der Waals surface area contributed by atoms with E-state index in [-0.39, 0.29) is 0 Å². The van der Waals surface area contributed by atoms with Crippen molar-refractivity contribution in [2.45, 2.75) is 26.3 Å². The lowest BCUT2D eigenvalue weighted by atomic mass is 10.1. The number of rotatable bonds is 7. The zero-order valence-corrected chi connectivity index (χ0v) is 9.75. The molecule has 0 heterocycles. The van der Waals surface area contributed by atoms with Gasteiger partial charge in [-0.1, -0.05) is 31.2 Å². The summed E-state index contributed by atoms with van der Waals surface area (Å²) < 4.78 is 5.04. The van der Waals surface area contributed by atoms with E-state index in [0.717, 1.165) is 26.1 Å². The molecular formula is C13H21NO. The van der Waals surface area contributed by atoms with Crippen LogP contribution in [0.15, 0.2) is 24.3 Å². The van der Waals surface area contributed by atoms with Crippen LogP contribution in [-0.4, -0.2) is 20.3 Å². The molecule has 0 spiro atoms. The second-order valence-corrected chi connectivity index (χ2v) is 3.74. The maximum Gasteiger partial charge on any atom is 0.0502 e. The van der Waals surface area contributed by atoms with Crippen molar-refractivity contribution in [1.82, 2.24) is 5.32 Å². The van der Waals surface area contributed by atoms with Gasteiger partial charge in [-0.05, 0) is 30.5 Å². The number of ether oxygens (including phenoxy) is 1. The lowest BCUT2D eigenvalue weighted by Gasteiger charge is -2.05. The van der Waals surface area contributed by atoms with Gasteiger partial charge in [-0.15, -0.1) is 0 Å². The number of hydrogen-bond donors (Lipinski definition) is 1. The average molecular weight is 207 g/mol. The summed E-state index contributed by atoms with van der Waals surface area (Å²) in [5.74, 6) is 0. The zero-order valence-electron chi connectivity index (χ0n) is 9.75. The van der Waals surface area contributed by atoms with Crippen molar-refractivity contribution in [3.05, 3.63) is 35.4 Å². The molecule has 15 heavy (non-hydrogen) atoms. The highest BCUT2D eigenvalue weighted by Gasteiger charge is 1.94. The first-order valence-corrected chi connectivity index (χ1v) is 5.64. The summed E-state index contributed by atoms with van der Waals surface area (Å²) in [7, 11) is 1.74. The van der Waals surface area contributed by atoms with Crippen molar-refractivity contribution in [2.75, 3.05) is 20.3 Å². The first-order chi connectivity index (χ1) is 7.36. The summed E-state index contributed by atoms with van der Waals surface area (Å²) in [5.41, 5.74) is 2.70. The van der Waals surface area contributed by atoms with Crippen molar-refractivity contribution < 1.29 is 4.74 Å². The van der Waals surface area contributed by atoms with Gasteiger partial charge in [-0.2, -0.15) is 0 Å². The van der Waals surface area contributed by atoms with Crippen LogP contribution in [0, 0.1) is 0 Å². The Kier molecular flexibility index (Phi) is 6.05. The molecular weight excluding hydrogens is 186 g/mol. The van der Waals surface area contributed by atoms with E-state index < -0.39 is 0 Å². The largest absolute Gasteiger partial charge is 0.384 e. The highest BCUT2D eigenvalue weighted by Crippen LogP contribution is 2.05. The minimum absolute atomic E-state index is 0.799. The van der Waals surface area contributed by atoms with Gasteiger partial charge in [0.25, 0.3) is 0 Å². The van der Waals surface area contributed by atoms with Crippen LogP contribution in [0.5, 0.6) is 0 Å². The predicted octanol–water partition coefficient (Wildman–Crippen LogP) is 2.38. The third-order valence-corrected chi connectivity index (χ3v) is 2.37. The minimum atomic E-state index is 0.799. The molecule has 1 aromatic carbocycles. The van der Waals surface area contributed by atoms with Crippen LogP contribution in [0.3, 0.4) is 0 Å². The average Bonchev–Trinajstić information content (AvgIpc) is 2.28. The van der Waals surface area contributed by atoms with Crippen LogP contribution in [0.2, 0.25) is 0 Å². The van der Waals surface area contributed by atoms with Crippen LogP contribution in [-0.2, 0) is 17.7 Å². The molecule has 0 saturated heterocycles. The molecule has 0 aliphatic carbocycles. The van der Waals surface area contributed by atoms with Gasteiger partial charge in [0.05, 0.1) is 6.61 Å². The van der Waals surface area contributed by atoms with Crippen LogP contribution in [0.4, 0.5) is 0 Å². The van der Waals surface area contributed by atoms with Crippen molar-refractivity contribution in [3.63, 3.8) is 0 Å². The number of nitrogens with one attached hydrogen (secondary N) is 1. The highest BCUT2D eigenvalue weighted by molar-refractivity contribution is 5.22. The van der Waals surface area contributed by atoms with Crippen LogP contribution >= 0.6 is 0 Å². The molecule has 0 fully saturated rings. The predicted molar refractivity (Wildman–Crippen MR) is 64.0 cm³/mol. The molecule has 0 atom stereocenters. The molecule has 2 nitrogen and oxygen atoms in total. The van der Waals surface area contributed by atoms with E-state index in [0.29, 0.717) is 0 Å². The fourth-order valence-electron chi connectivity index (χ4n) is 1.45. The molecule has 0 saturated carbocycles. The third kappa shape index (κ3) is 4.96. The van der Waals surface area contributed by atoms with Gasteiger partial charge >= 0.3 is 0 Å². The van der Waals surface area contributed by atoms with Gasteiger partial charge < -0.3 is 10.1 Å². The summed E-state index contributed by atoms with van der Waals surface area (Å²) in [6.07, 6.45) is 2.19. The lowest BCUT2D eigenvalue weighted by molar-refractivity contribution is 0.202. The smallest absolute Gasteiger partial charge is 0.0502 e. The van der Waals surface area contributed by atoms with Crippen LogP contribution in [0.25, 0.3) is 0 Å². The summed E-state index contributed by atoms with van der Waals surface area (Å²) in [6, 6.07) is 8.74. The molecule has 1 N–H and O–H groups in total. The molecule has 0 aliphatic rings. The van der Waals surface area contributed by atoms with Gasteiger partial charge in [0.15, 0.2) is 0 Å². The van der Waals surface area contributed by atoms with E-state index in [1.165, 1.54) is 17.5 Å². The molecule has 1 rings (SSSR count). The first kappa shape index (κ1) is 12.2. The van der Waals surface area contributed by atoms with Crippen LogP contribution < -0.4 is 5.32 Å². The fraction of sp³-hybridized carbons (Fsp3) is 0.538. The summed E-state index contributed by atoms with van der Waals surface area (Å²) >= 11 is 0. The molecule has 0 unspecified atom stereocenters. The second kappa shape index (κ2) is 7.43. The van der Waals surface area contributed by atoms with Crippen molar-refractivity contribution >= 4 is 0 Å². The summed E-state index contributed by atoms with van der Waals surface area (Å²) in [4.78, 5) is 0. The van der Waals surface area contributed by atoms with Crippen LogP contribution in [0.1, 0.15) is 24.5 Å². The molecule has 0 radical (unpaired) electrons. The molecule has 1 aromatic rings. The topological polar surface area (TPSA) is 21.3 Å². The van der Waals surface area contributed by atoms with E-state index in [1.807, 2.05) is 0 Å². The Balaban J connectivity index is 2.35. The summed E-state index contributed by atoms with van der Waals surface area (Å²) in [6.45, 7) is 5.04. The standard InChI is InChI=1S/C13H21NO/c1-3-9-14-11-13-6-4-12(5-7-13)8-10-15-2/h4-7,14H,3,8-11H2,1-2H3. The van der Waals surface area contributed by atoms with Gasteiger partial charge in [-0.25, -0.2) is 0 Å². The maximum absolute atomic E-state index is 5.04. The quantitative estimate of drug-likeness (QED) is 0.693. The van der Waals surface area contributed by atoms with E-state index in [9.17, 15) is 0 Å². The van der Waals surface area contributed by atoms with Crippen molar-refractivity contribution in [3.8, 4) is 0 Å². The Hall–Kier alpha value is -0.860. The van der Waals surface area contributed by atoms with Gasteiger partial charge in [0, 0.05) is 13.7 Å². The highest BCUT2D eigenvalue weighted by atomic mass is 16.5. The van der Waals surface area contributed by atoms with E-state index in [1.54, 1.807) is 7.11 Å². The van der Waals surface area contributed by atoms with Gasteiger partial charge in [0.2, 0.25) is 0 Å². The van der Waals surface area contributed by atoms with Crippen molar-refractivity contribution in [1.29, 1.82) is 0 Å². The monoisotopic (exact) mass is 207 g/mol. The summed E-state index contributed by atoms with van der Waals surface area (Å²) in [5, 5.41) is 3.39. The molecule has 0 bridgehead atoms. The Labute approximate surface area is 92.6 Å². The normalized spacial score (nSPS) is 10.5. The van der Waals surface area contributed by atoms with Gasteiger partial charge in [-0.3, -0.25) is 0 Å². The number of benzene rings is 1. The second-order valence-electron chi connectivity index (χ2n) is 3.74. The Bertz CT molecular complexity index is 256. The third-order valence-electron chi connectivity index (χ3n) is 2.37. The van der Waals surface area contributed by atoms with Gasteiger partial charge in [0.1, 0.15) is 0 Å². The Morgan fingerprint density at radius 3 is 2.40 bits per heavy atom.